The van der Waals surface area contributed by atoms with Gasteiger partial charge in [-0.05, 0) is 25.8 Å². The minimum atomic E-state index is 0.0188. The van der Waals surface area contributed by atoms with Crippen LogP contribution in [0.3, 0.4) is 0 Å². The smallest absolute Gasteiger partial charge is 0.240 e. The van der Waals surface area contributed by atoms with Crippen LogP contribution in [0.2, 0.25) is 0 Å². The minimum Gasteiger partial charge on any atom is -0.338 e. The SMILES string of the molecule is CCCc1noc(CN2CCCCC2C=O)n1. The molecule has 5 nitrogen and oxygen atoms in total. The first-order valence-corrected chi connectivity index (χ1v) is 6.34. The van der Waals surface area contributed by atoms with Crippen molar-refractivity contribution in [3.63, 3.8) is 0 Å². The van der Waals surface area contributed by atoms with E-state index in [0.29, 0.717) is 12.4 Å². The molecule has 1 aliphatic heterocycles. The maximum absolute atomic E-state index is 11.0. The number of carbonyl (C=O) groups is 1. The lowest BCUT2D eigenvalue weighted by Crippen LogP contribution is -2.39. The van der Waals surface area contributed by atoms with Gasteiger partial charge in [-0.25, -0.2) is 0 Å². The molecule has 1 aromatic heterocycles. The van der Waals surface area contributed by atoms with Crippen molar-refractivity contribution in [3.05, 3.63) is 11.7 Å². The van der Waals surface area contributed by atoms with Gasteiger partial charge in [-0.3, -0.25) is 4.90 Å². The van der Waals surface area contributed by atoms with Gasteiger partial charge in [0.2, 0.25) is 5.89 Å². The Labute approximate surface area is 101 Å². The van der Waals surface area contributed by atoms with Gasteiger partial charge in [0.1, 0.15) is 6.29 Å². The van der Waals surface area contributed by atoms with Crippen LogP contribution in [0.25, 0.3) is 0 Å². The standard InChI is InChI=1S/C12H19N3O2/c1-2-5-11-13-12(17-14-11)8-15-7-4-3-6-10(15)9-16/h9-10H,2-8H2,1H3. The number of likely N-dealkylation sites (tertiary alicyclic amines) is 1. The van der Waals surface area contributed by atoms with Gasteiger partial charge in [0.25, 0.3) is 0 Å². The lowest BCUT2D eigenvalue weighted by atomic mass is 10.0. The number of hydrogen-bond donors (Lipinski definition) is 0. The Bertz CT molecular complexity index is 364. The fourth-order valence-corrected chi connectivity index (χ4v) is 2.22. The highest BCUT2D eigenvalue weighted by Crippen LogP contribution is 2.17. The summed E-state index contributed by atoms with van der Waals surface area (Å²) in [5, 5.41) is 3.92. The highest BCUT2D eigenvalue weighted by Gasteiger charge is 2.23. The predicted octanol–water partition coefficient (Wildman–Crippen LogP) is 1.58. The van der Waals surface area contributed by atoms with E-state index in [1.54, 1.807) is 0 Å². The molecular weight excluding hydrogens is 218 g/mol. The van der Waals surface area contributed by atoms with Crippen LogP contribution in [0.5, 0.6) is 0 Å². The van der Waals surface area contributed by atoms with Crippen LogP contribution < -0.4 is 0 Å². The van der Waals surface area contributed by atoms with Crippen molar-refractivity contribution in [2.45, 2.75) is 51.6 Å². The molecule has 0 bridgehead atoms. The molecular formula is C12H19N3O2. The number of aryl methyl sites for hydroxylation is 1. The first kappa shape index (κ1) is 12.2. The molecule has 94 valence electrons. The third-order valence-corrected chi connectivity index (χ3v) is 3.14. The zero-order valence-electron chi connectivity index (χ0n) is 10.3. The summed E-state index contributed by atoms with van der Waals surface area (Å²) in [4.78, 5) is 17.4. The number of aldehydes is 1. The molecule has 1 aliphatic rings. The maximum Gasteiger partial charge on any atom is 0.240 e. The Morgan fingerprint density at radius 3 is 3.18 bits per heavy atom. The largest absolute Gasteiger partial charge is 0.338 e. The molecule has 1 fully saturated rings. The summed E-state index contributed by atoms with van der Waals surface area (Å²) >= 11 is 0. The summed E-state index contributed by atoms with van der Waals surface area (Å²) < 4.78 is 5.19. The van der Waals surface area contributed by atoms with Crippen LogP contribution in [0.1, 0.15) is 44.3 Å². The molecule has 0 radical (unpaired) electrons. The van der Waals surface area contributed by atoms with E-state index in [9.17, 15) is 4.79 Å². The van der Waals surface area contributed by atoms with E-state index < -0.39 is 0 Å². The molecule has 1 atom stereocenters. The van der Waals surface area contributed by atoms with Crippen LogP contribution in [0, 0.1) is 0 Å². The van der Waals surface area contributed by atoms with Gasteiger partial charge in [-0.2, -0.15) is 4.98 Å². The molecule has 17 heavy (non-hydrogen) atoms. The van der Waals surface area contributed by atoms with Crippen LogP contribution >= 0.6 is 0 Å². The van der Waals surface area contributed by atoms with Gasteiger partial charge in [0, 0.05) is 6.42 Å². The quantitative estimate of drug-likeness (QED) is 0.728. The Morgan fingerprint density at radius 2 is 2.41 bits per heavy atom. The number of rotatable bonds is 5. The van der Waals surface area contributed by atoms with Crippen molar-refractivity contribution in [2.75, 3.05) is 6.54 Å². The minimum absolute atomic E-state index is 0.0188. The van der Waals surface area contributed by atoms with E-state index >= 15 is 0 Å². The summed E-state index contributed by atoms with van der Waals surface area (Å²) in [5.74, 6) is 1.39. The van der Waals surface area contributed by atoms with E-state index in [-0.39, 0.29) is 6.04 Å². The average molecular weight is 237 g/mol. The molecule has 0 spiro atoms. The molecule has 0 amide bonds. The highest BCUT2D eigenvalue weighted by atomic mass is 16.5. The zero-order chi connectivity index (χ0) is 12.1. The summed E-state index contributed by atoms with van der Waals surface area (Å²) in [6.07, 6.45) is 6.10. The van der Waals surface area contributed by atoms with E-state index in [2.05, 4.69) is 22.0 Å². The van der Waals surface area contributed by atoms with Gasteiger partial charge < -0.3 is 9.32 Å². The van der Waals surface area contributed by atoms with Crippen molar-refractivity contribution in [2.24, 2.45) is 0 Å². The molecule has 1 aromatic rings. The molecule has 1 saturated heterocycles. The number of piperidine rings is 1. The van der Waals surface area contributed by atoms with Crippen molar-refractivity contribution in [1.82, 2.24) is 15.0 Å². The van der Waals surface area contributed by atoms with Gasteiger partial charge >= 0.3 is 0 Å². The van der Waals surface area contributed by atoms with E-state index in [1.807, 2.05) is 0 Å². The number of carbonyl (C=O) groups excluding carboxylic acids is 1. The Balaban J connectivity index is 1.95. The average Bonchev–Trinajstić information content (AvgIpc) is 2.78. The Kier molecular flexibility index (Phi) is 4.25. The van der Waals surface area contributed by atoms with E-state index in [1.165, 1.54) is 0 Å². The van der Waals surface area contributed by atoms with Crippen molar-refractivity contribution >= 4 is 6.29 Å². The summed E-state index contributed by atoms with van der Waals surface area (Å²) in [6.45, 7) is 3.62. The third-order valence-electron chi connectivity index (χ3n) is 3.14. The van der Waals surface area contributed by atoms with Crippen LogP contribution in [-0.4, -0.2) is 33.9 Å². The second kappa shape index (κ2) is 5.91. The summed E-state index contributed by atoms with van der Waals surface area (Å²) in [5.41, 5.74) is 0. The van der Waals surface area contributed by atoms with Crippen molar-refractivity contribution in [3.8, 4) is 0 Å². The molecule has 0 saturated carbocycles. The first-order chi connectivity index (χ1) is 8.33. The number of aromatic nitrogens is 2. The van der Waals surface area contributed by atoms with Gasteiger partial charge in [0.15, 0.2) is 5.82 Å². The summed E-state index contributed by atoms with van der Waals surface area (Å²) in [6, 6.07) is 0.0188. The predicted molar refractivity (Wildman–Crippen MR) is 62.4 cm³/mol. The van der Waals surface area contributed by atoms with Gasteiger partial charge in [-0.15, -0.1) is 0 Å². The molecule has 1 unspecified atom stereocenters. The monoisotopic (exact) mass is 237 g/mol. The number of hydrogen-bond acceptors (Lipinski definition) is 5. The van der Waals surface area contributed by atoms with E-state index in [0.717, 1.165) is 50.8 Å². The fourth-order valence-electron chi connectivity index (χ4n) is 2.22. The second-order valence-electron chi connectivity index (χ2n) is 4.52. The fraction of sp³-hybridized carbons (Fsp3) is 0.750. The molecule has 2 heterocycles. The lowest BCUT2D eigenvalue weighted by molar-refractivity contribution is -0.113. The highest BCUT2D eigenvalue weighted by molar-refractivity contribution is 5.57. The first-order valence-electron chi connectivity index (χ1n) is 6.34. The summed E-state index contributed by atoms with van der Waals surface area (Å²) in [7, 11) is 0. The second-order valence-corrected chi connectivity index (χ2v) is 4.52. The molecule has 0 N–H and O–H groups in total. The maximum atomic E-state index is 11.0. The van der Waals surface area contributed by atoms with Gasteiger partial charge in [0.05, 0.1) is 12.6 Å². The van der Waals surface area contributed by atoms with E-state index in [4.69, 9.17) is 4.52 Å². The molecule has 0 aliphatic carbocycles. The van der Waals surface area contributed by atoms with Crippen molar-refractivity contribution < 1.29 is 9.32 Å². The van der Waals surface area contributed by atoms with Crippen LogP contribution in [0.4, 0.5) is 0 Å². The molecule has 2 rings (SSSR count). The normalized spacial score (nSPS) is 21.6. The Hall–Kier alpha value is -1.23. The third kappa shape index (κ3) is 3.12. The molecule has 0 aromatic carbocycles. The van der Waals surface area contributed by atoms with Gasteiger partial charge in [-0.1, -0.05) is 18.5 Å². The zero-order valence-corrected chi connectivity index (χ0v) is 10.3. The van der Waals surface area contributed by atoms with Crippen LogP contribution in [-0.2, 0) is 17.8 Å². The molecule has 5 heteroatoms. The van der Waals surface area contributed by atoms with Crippen LogP contribution in [0.15, 0.2) is 4.52 Å². The Morgan fingerprint density at radius 1 is 1.53 bits per heavy atom. The number of nitrogens with zero attached hydrogens (tertiary/aromatic N) is 3. The lowest BCUT2D eigenvalue weighted by Gasteiger charge is -2.30. The van der Waals surface area contributed by atoms with Crippen molar-refractivity contribution in [1.29, 1.82) is 0 Å². The topological polar surface area (TPSA) is 59.2 Å².